The molecule has 1 aromatic rings. The quantitative estimate of drug-likeness (QED) is 0.841. The number of nitrogens with zero attached hydrogens (tertiary/aromatic N) is 1. The molecular formula is C11H9Cl2NO2. The number of aliphatic hydroxyl groups excluding tert-OH is 1. The molecular weight excluding hydrogens is 249 g/mol. The Morgan fingerprint density at radius 1 is 1.31 bits per heavy atom. The van der Waals surface area contributed by atoms with Crippen molar-refractivity contribution in [3.63, 3.8) is 0 Å². The second-order valence-corrected chi connectivity index (χ2v) is 4.43. The summed E-state index contributed by atoms with van der Waals surface area (Å²) in [6, 6.07) is 4.84. The standard InChI is InChI=1S/C11H9Cl2NO2/c1-14-5-9(15)10(11(14)16)6-2-3-7(12)8(13)4-6/h2-4,15H,5H2,1H3. The number of amides is 1. The van der Waals surface area contributed by atoms with E-state index in [0.29, 0.717) is 21.2 Å². The lowest BCUT2D eigenvalue weighted by atomic mass is 10.1. The van der Waals surface area contributed by atoms with Gasteiger partial charge in [-0.15, -0.1) is 0 Å². The zero-order chi connectivity index (χ0) is 11.9. The van der Waals surface area contributed by atoms with Crippen molar-refractivity contribution >= 4 is 34.7 Å². The molecule has 1 N–H and O–H groups in total. The summed E-state index contributed by atoms with van der Waals surface area (Å²) in [4.78, 5) is 13.2. The molecule has 84 valence electrons. The third-order valence-electron chi connectivity index (χ3n) is 2.44. The summed E-state index contributed by atoms with van der Waals surface area (Å²) in [5, 5.41) is 10.5. The molecule has 0 aliphatic carbocycles. The molecule has 0 spiro atoms. The zero-order valence-corrected chi connectivity index (χ0v) is 10.0. The van der Waals surface area contributed by atoms with Crippen molar-refractivity contribution in [3.05, 3.63) is 39.6 Å². The Balaban J connectivity index is 2.49. The van der Waals surface area contributed by atoms with Crippen LogP contribution in [0.2, 0.25) is 10.0 Å². The highest BCUT2D eigenvalue weighted by molar-refractivity contribution is 6.42. The Morgan fingerprint density at radius 3 is 2.50 bits per heavy atom. The normalized spacial score (nSPS) is 16.2. The lowest BCUT2D eigenvalue weighted by molar-refractivity contribution is -0.122. The van der Waals surface area contributed by atoms with E-state index in [1.54, 1.807) is 25.2 Å². The summed E-state index contributed by atoms with van der Waals surface area (Å²) in [6.45, 7) is 0.231. The molecule has 2 rings (SSSR count). The first-order chi connectivity index (χ1) is 7.50. The molecule has 1 heterocycles. The average molecular weight is 258 g/mol. The summed E-state index contributed by atoms with van der Waals surface area (Å²) in [6.07, 6.45) is 0. The second-order valence-electron chi connectivity index (χ2n) is 3.61. The number of aliphatic hydroxyl groups is 1. The van der Waals surface area contributed by atoms with Crippen molar-refractivity contribution in [1.82, 2.24) is 4.90 Å². The fraction of sp³-hybridized carbons (Fsp3) is 0.182. The van der Waals surface area contributed by atoms with Gasteiger partial charge in [0.25, 0.3) is 5.91 Å². The smallest absolute Gasteiger partial charge is 0.258 e. The first kappa shape index (κ1) is 11.3. The van der Waals surface area contributed by atoms with Gasteiger partial charge in [-0.2, -0.15) is 0 Å². The lowest BCUT2D eigenvalue weighted by Crippen LogP contribution is -2.21. The fourth-order valence-electron chi connectivity index (χ4n) is 1.63. The SMILES string of the molecule is CN1CC(O)=C(c2ccc(Cl)c(Cl)c2)C1=O. The van der Waals surface area contributed by atoms with E-state index in [0.717, 1.165) is 0 Å². The molecule has 0 radical (unpaired) electrons. The lowest BCUT2D eigenvalue weighted by Gasteiger charge is -2.07. The van der Waals surface area contributed by atoms with E-state index in [2.05, 4.69) is 0 Å². The largest absolute Gasteiger partial charge is 0.510 e. The predicted molar refractivity (Wildman–Crippen MR) is 63.6 cm³/mol. The van der Waals surface area contributed by atoms with Gasteiger partial charge in [-0.25, -0.2) is 0 Å². The highest BCUT2D eigenvalue weighted by Gasteiger charge is 2.28. The third-order valence-corrected chi connectivity index (χ3v) is 3.18. The first-order valence-corrected chi connectivity index (χ1v) is 5.39. The van der Waals surface area contributed by atoms with E-state index >= 15 is 0 Å². The van der Waals surface area contributed by atoms with Crippen LogP contribution in [-0.2, 0) is 4.79 Å². The van der Waals surface area contributed by atoms with E-state index in [4.69, 9.17) is 23.2 Å². The number of benzene rings is 1. The monoisotopic (exact) mass is 257 g/mol. The summed E-state index contributed by atoms with van der Waals surface area (Å²) in [7, 11) is 1.63. The number of carbonyl (C=O) groups excluding carboxylic acids is 1. The average Bonchev–Trinajstić information content (AvgIpc) is 2.47. The van der Waals surface area contributed by atoms with Crippen molar-refractivity contribution < 1.29 is 9.90 Å². The van der Waals surface area contributed by atoms with Crippen molar-refractivity contribution in [2.75, 3.05) is 13.6 Å². The van der Waals surface area contributed by atoms with E-state index in [1.807, 2.05) is 0 Å². The maximum absolute atomic E-state index is 11.7. The van der Waals surface area contributed by atoms with Crippen molar-refractivity contribution in [2.24, 2.45) is 0 Å². The van der Waals surface area contributed by atoms with Crippen LogP contribution in [0.3, 0.4) is 0 Å². The Morgan fingerprint density at radius 2 is 2.00 bits per heavy atom. The summed E-state index contributed by atoms with van der Waals surface area (Å²) >= 11 is 11.6. The van der Waals surface area contributed by atoms with Crippen LogP contribution in [0.25, 0.3) is 5.57 Å². The molecule has 1 aromatic carbocycles. The van der Waals surface area contributed by atoms with Crippen molar-refractivity contribution in [2.45, 2.75) is 0 Å². The Kier molecular flexibility index (Phi) is 2.82. The molecule has 0 fully saturated rings. The molecule has 16 heavy (non-hydrogen) atoms. The van der Waals surface area contributed by atoms with Gasteiger partial charge < -0.3 is 10.0 Å². The molecule has 0 unspecified atom stereocenters. The van der Waals surface area contributed by atoms with Gasteiger partial charge in [-0.3, -0.25) is 4.79 Å². The Labute approximate surface area is 103 Å². The molecule has 0 saturated heterocycles. The molecule has 1 amide bonds. The number of likely N-dealkylation sites (N-methyl/N-ethyl adjacent to an activating group) is 1. The molecule has 0 aromatic heterocycles. The van der Waals surface area contributed by atoms with Gasteiger partial charge >= 0.3 is 0 Å². The van der Waals surface area contributed by atoms with E-state index in [1.165, 1.54) is 4.90 Å². The van der Waals surface area contributed by atoms with Crippen LogP contribution in [0.1, 0.15) is 5.56 Å². The minimum absolute atomic E-state index is 0.0610. The number of rotatable bonds is 1. The number of hydrogen-bond donors (Lipinski definition) is 1. The molecule has 5 heteroatoms. The molecule has 0 bridgehead atoms. The van der Waals surface area contributed by atoms with Crippen LogP contribution in [0, 0.1) is 0 Å². The minimum atomic E-state index is -0.212. The van der Waals surface area contributed by atoms with Gasteiger partial charge in [0, 0.05) is 7.05 Å². The summed E-state index contributed by atoms with van der Waals surface area (Å²) in [5.41, 5.74) is 0.877. The van der Waals surface area contributed by atoms with Gasteiger partial charge in [0.2, 0.25) is 0 Å². The molecule has 3 nitrogen and oxygen atoms in total. The van der Waals surface area contributed by atoms with Gasteiger partial charge in [0.05, 0.1) is 22.2 Å². The number of halogens is 2. The van der Waals surface area contributed by atoms with Crippen LogP contribution in [0.4, 0.5) is 0 Å². The van der Waals surface area contributed by atoms with Crippen LogP contribution in [0.5, 0.6) is 0 Å². The summed E-state index contributed by atoms with van der Waals surface area (Å²) in [5.74, 6) is -0.151. The topological polar surface area (TPSA) is 40.5 Å². The minimum Gasteiger partial charge on any atom is -0.510 e. The van der Waals surface area contributed by atoms with Crippen LogP contribution >= 0.6 is 23.2 Å². The zero-order valence-electron chi connectivity index (χ0n) is 8.50. The van der Waals surface area contributed by atoms with Crippen LogP contribution in [0.15, 0.2) is 24.0 Å². The Hall–Kier alpha value is -1.19. The molecule has 0 saturated carbocycles. The Bertz CT molecular complexity index is 497. The molecule has 1 aliphatic rings. The number of carbonyl (C=O) groups is 1. The van der Waals surface area contributed by atoms with Crippen LogP contribution in [-0.4, -0.2) is 29.5 Å². The van der Waals surface area contributed by atoms with Gasteiger partial charge in [0.15, 0.2) is 0 Å². The van der Waals surface area contributed by atoms with E-state index < -0.39 is 0 Å². The van der Waals surface area contributed by atoms with Crippen molar-refractivity contribution in [3.8, 4) is 0 Å². The summed E-state index contributed by atoms with van der Waals surface area (Å²) < 4.78 is 0. The highest BCUT2D eigenvalue weighted by atomic mass is 35.5. The van der Waals surface area contributed by atoms with E-state index in [-0.39, 0.29) is 18.2 Å². The first-order valence-electron chi connectivity index (χ1n) is 4.63. The van der Waals surface area contributed by atoms with Gasteiger partial charge in [-0.05, 0) is 17.7 Å². The van der Waals surface area contributed by atoms with Gasteiger partial charge in [-0.1, -0.05) is 29.3 Å². The second kappa shape index (κ2) is 4.00. The fourth-order valence-corrected chi connectivity index (χ4v) is 1.93. The number of hydrogen-bond acceptors (Lipinski definition) is 2. The van der Waals surface area contributed by atoms with Crippen molar-refractivity contribution in [1.29, 1.82) is 0 Å². The molecule has 0 atom stereocenters. The predicted octanol–water partition coefficient (Wildman–Crippen LogP) is 2.73. The maximum atomic E-state index is 11.7. The van der Waals surface area contributed by atoms with Gasteiger partial charge in [0.1, 0.15) is 5.76 Å². The molecule has 1 aliphatic heterocycles. The highest BCUT2D eigenvalue weighted by Crippen LogP contribution is 2.30. The van der Waals surface area contributed by atoms with E-state index in [9.17, 15) is 9.90 Å². The van der Waals surface area contributed by atoms with Crippen LogP contribution < -0.4 is 0 Å². The maximum Gasteiger partial charge on any atom is 0.258 e. The third kappa shape index (κ3) is 1.77.